The number of aromatic nitrogens is 2. The molecule has 4 aromatic rings. The fourth-order valence-corrected chi connectivity index (χ4v) is 4.35. The first-order valence-corrected chi connectivity index (χ1v) is 10.6. The lowest BCUT2D eigenvalue weighted by Gasteiger charge is -2.09. The number of esters is 1. The number of carbonyl (C=O) groups excluding carboxylic acids is 2. The number of imidazole rings is 1. The smallest absolute Gasteiger partial charge is 0.341 e. The molecule has 0 unspecified atom stereocenters. The summed E-state index contributed by atoms with van der Waals surface area (Å²) in [6.45, 7) is 3.56. The monoisotopic (exact) mass is 457 g/mol. The molecule has 9 heteroatoms. The van der Waals surface area contributed by atoms with Crippen LogP contribution in [0.4, 0.5) is 9.39 Å². The zero-order chi connectivity index (χ0) is 22.1. The van der Waals surface area contributed by atoms with Gasteiger partial charge >= 0.3 is 5.97 Å². The molecule has 31 heavy (non-hydrogen) atoms. The number of ether oxygens (including phenoxy) is 1. The molecule has 0 aliphatic rings. The predicted octanol–water partition coefficient (Wildman–Crippen LogP) is 5.59. The van der Waals surface area contributed by atoms with E-state index in [1.165, 1.54) is 34.1 Å². The number of hydrogen-bond donors (Lipinski definition) is 1. The zero-order valence-corrected chi connectivity index (χ0v) is 18.2. The fourth-order valence-electron chi connectivity index (χ4n) is 3.27. The fraction of sp³-hybridized carbons (Fsp3) is 0.136. The predicted molar refractivity (Wildman–Crippen MR) is 119 cm³/mol. The van der Waals surface area contributed by atoms with Crippen molar-refractivity contribution in [3.05, 3.63) is 75.8 Å². The van der Waals surface area contributed by atoms with Crippen LogP contribution in [0.25, 0.3) is 16.8 Å². The molecule has 0 aliphatic carbocycles. The van der Waals surface area contributed by atoms with Gasteiger partial charge in [0.1, 0.15) is 27.7 Å². The third-order valence-corrected chi connectivity index (χ3v) is 5.77. The maximum absolute atomic E-state index is 13.7. The average molecular weight is 458 g/mol. The first-order chi connectivity index (χ1) is 14.9. The summed E-state index contributed by atoms with van der Waals surface area (Å²) in [5.41, 5.74) is 2.71. The number of nitrogens with one attached hydrogen (secondary N) is 1. The molecule has 0 atom stereocenters. The molecule has 6 nitrogen and oxygen atoms in total. The molecular weight excluding hydrogens is 441 g/mol. The van der Waals surface area contributed by atoms with E-state index in [2.05, 4.69) is 10.3 Å². The van der Waals surface area contributed by atoms with Crippen LogP contribution in [-0.2, 0) is 4.74 Å². The number of anilines is 1. The molecule has 0 saturated carbocycles. The Balaban J connectivity index is 1.76. The van der Waals surface area contributed by atoms with Crippen molar-refractivity contribution in [2.45, 2.75) is 13.8 Å². The maximum Gasteiger partial charge on any atom is 0.341 e. The van der Waals surface area contributed by atoms with Crippen LogP contribution < -0.4 is 5.32 Å². The van der Waals surface area contributed by atoms with Gasteiger partial charge in [0, 0.05) is 22.2 Å². The number of amides is 1. The lowest BCUT2D eigenvalue weighted by Crippen LogP contribution is -2.17. The number of hydrogen-bond acceptors (Lipinski definition) is 5. The molecule has 158 valence electrons. The van der Waals surface area contributed by atoms with E-state index in [-0.39, 0.29) is 17.9 Å². The second-order valence-corrected chi connectivity index (χ2v) is 7.97. The molecule has 0 fully saturated rings. The van der Waals surface area contributed by atoms with E-state index in [9.17, 15) is 14.0 Å². The third-order valence-electron chi connectivity index (χ3n) is 4.62. The van der Waals surface area contributed by atoms with Crippen molar-refractivity contribution in [2.75, 3.05) is 11.9 Å². The third kappa shape index (κ3) is 4.04. The number of benzene rings is 1. The zero-order valence-electron chi connectivity index (χ0n) is 16.6. The lowest BCUT2D eigenvalue weighted by atomic mass is 10.0. The van der Waals surface area contributed by atoms with Gasteiger partial charge in [0.15, 0.2) is 0 Å². The van der Waals surface area contributed by atoms with Crippen LogP contribution in [0.5, 0.6) is 0 Å². The highest BCUT2D eigenvalue weighted by molar-refractivity contribution is 7.15. The Morgan fingerprint density at radius 2 is 1.97 bits per heavy atom. The lowest BCUT2D eigenvalue weighted by molar-refractivity contribution is 0.0529. The minimum absolute atomic E-state index is 0.186. The van der Waals surface area contributed by atoms with Crippen LogP contribution in [0, 0.1) is 12.7 Å². The van der Waals surface area contributed by atoms with Gasteiger partial charge in [0.05, 0.1) is 12.3 Å². The van der Waals surface area contributed by atoms with Crippen molar-refractivity contribution < 1.29 is 18.7 Å². The summed E-state index contributed by atoms with van der Waals surface area (Å²) >= 11 is 7.17. The molecule has 0 spiro atoms. The SMILES string of the molecule is CCOC(=O)c1c(-c2ccc(Cl)cc2)csc1NC(=O)c1c(C)nc2ccc(F)cn12. The van der Waals surface area contributed by atoms with Crippen LogP contribution in [-0.4, -0.2) is 27.9 Å². The van der Waals surface area contributed by atoms with Gasteiger partial charge < -0.3 is 10.1 Å². The molecule has 0 saturated heterocycles. The molecule has 3 heterocycles. The number of nitrogens with zero attached hydrogens (tertiary/aromatic N) is 2. The second kappa shape index (κ2) is 8.49. The second-order valence-electron chi connectivity index (χ2n) is 6.66. The summed E-state index contributed by atoms with van der Waals surface area (Å²) in [6.07, 6.45) is 1.20. The Labute approximate surface area is 186 Å². The first kappa shape index (κ1) is 21.0. The van der Waals surface area contributed by atoms with Gasteiger partial charge in [-0.25, -0.2) is 14.2 Å². The molecule has 4 rings (SSSR count). The van der Waals surface area contributed by atoms with Crippen molar-refractivity contribution in [1.82, 2.24) is 9.38 Å². The van der Waals surface area contributed by atoms with Gasteiger partial charge in [0.25, 0.3) is 5.91 Å². The van der Waals surface area contributed by atoms with E-state index in [4.69, 9.17) is 16.3 Å². The molecule has 0 radical (unpaired) electrons. The summed E-state index contributed by atoms with van der Waals surface area (Å²) < 4.78 is 20.3. The Hall–Kier alpha value is -3.23. The number of rotatable bonds is 5. The average Bonchev–Trinajstić information content (AvgIpc) is 3.28. The highest BCUT2D eigenvalue weighted by Gasteiger charge is 2.25. The van der Waals surface area contributed by atoms with Crippen molar-refractivity contribution in [1.29, 1.82) is 0 Å². The topological polar surface area (TPSA) is 72.7 Å². The molecule has 1 aromatic carbocycles. The van der Waals surface area contributed by atoms with E-state index in [1.807, 2.05) is 0 Å². The number of carbonyl (C=O) groups is 2. The van der Waals surface area contributed by atoms with Crippen molar-refractivity contribution in [3.63, 3.8) is 0 Å². The normalized spacial score (nSPS) is 11.0. The Morgan fingerprint density at radius 3 is 2.68 bits per heavy atom. The quantitative estimate of drug-likeness (QED) is 0.396. The minimum atomic E-state index is -0.551. The number of pyridine rings is 1. The Kier molecular flexibility index (Phi) is 5.75. The summed E-state index contributed by atoms with van der Waals surface area (Å²) in [5.74, 6) is -1.55. The van der Waals surface area contributed by atoms with Gasteiger partial charge in [-0.15, -0.1) is 11.3 Å². The minimum Gasteiger partial charge on any atom is -0.462 e. The van der Waals surface area contributed by atoms with Crippen LogP contribution in [0.15, 0.2) is 48.0 Å². The van der Waals surface area contributed by atoms with E-state index < -0.39 is 17.7 Å². The van der Waals surface area contributed by atoms with E-state index in [0.29, 0.717) is 26.9 Å². The van der Waals surface area contributed by atoms with Crippen LogP contribution in [0.3, 0.4) is 0 Å². The van der Waals surface area contributed by atoms with Crippen molar-refractivity contribution in [3.8, 4) is 11.1 Å². The maximum atomic E-state index is 13.7. The van der Waals surface area contributed by atoms with Gasteiger partial charge in [0.2, 0.25) is 0 Å². The molecule has 0 aliphatic heterocycles. The molecule has 1 N–H and O–H groups in total. The molecule has 1 amide bonds. The Morgan fingerprint density at radius 1 is 1.23 bits per heavy atom. The van der Waals surface area contributed by atoms with Crippen LogP contribution >= 0.6 is 22.9 Å². The molecule has 3 aromatic heterocycles. The van der Waals surface area contributed by atoms with Gasteiger partial charge in [-0.05, 0) is 43.7 Å². The summed E-state index contributed by atoms with van der Waals surface area (Å²) in [7, 11) is 0. The largest absolute Gasteiger partial charge is 0.462 e. The number of fused-ring (bicyclic) bond motifs is 1. The van der Waals surface area contributed by atoms with Gasteiger partial charge in [-0.1, -0.05) is 23.7 Å². The highest BCUT2D eigenvalue weighted by atomic mass is 35.5. The van der Waals surface area contributed by atoms with Gasteiger partial charge in [-0.2, -0.15) is 0 Å². The van der Waals surface area contributed by atoms with Crippen LogP contribution in [0.1, 0.15) is 33.5 Å². The highest BCUT2D eigenvalue weighted by Crippen LogP contribution is 2.37. The van der Waals surface area contributed by atoms with E-state index in [1.54, 1.807) is 43.5 Å². The van der Waals surface area contributed by atoms with E-state index >= 15 is 0 Å². The molecular formula is C22H17ClFN3O3S. The summed E-state index contributed by atoms with van der Waals surface area (Å²) in [6, 6.07) is 9.79. The number of thiophene rings is 1. The number of aryl methyl sites for hydroxylation is 1. The van der Waals surface area contributed by atoms with Crippen molar-refractivity contribution >= 4 is 45.5 Å². The Bertz CT molecular complexity index is 1300. The number of halogens is 2. The van der Waals surface area contributed by atoms with Crippen molar-refractivity contribution in [2.24, 2.45) is 0 Å². The molecule has 0 bridgehead atoms. The van der Waals surface area contributed by atoms with Crippen LogP contribution in [0.2, 0.25) is 5.02 Å². The summed E-state index contributed by atoms with van der Waals surface area (Å²) in [4.78, 5) is 30.1. The van der Waals surface area contributed by atoms with E-state index in [0.717, 1.165) is 5.56 Å². The summed E-state index contributed by atoms with van der Waals surface area (Å²) in [5, 5.41) is 5.45. The van der Waals surface area contributed by atoms with Gasteiger partial charge in [-0.3, -0.25) is 9.20 Å². The standard InChI is InChI=1S/C22H17ClFN3O3S/c1-3-30-22(29)18-16(13-4-6-14(23)7-5-13)11-31-21(18)26-20(28)19-12(2)25-17-9-8-15(24)10-27(17)19/h4-11H,3H2,1-2H3,(H,26,28). The first-order valence-electron chi connectivity index (χ1n) is 9.39.